The Bertz CT molecular complexity index is 1040. The summed E-state index contributed by atoms with van der Waals surface area (Å²) in [6.45, 7) is 2.69. The van der Waals surface area contributed by atoms with Crippen LogP contribution in [0, 0.1) is 0 Å². The van der Waals surface area contributed by atoms with E-state index < -0.39 is 5.97 Å². The first kappa shape index (κ1) is 21.8. The number of hydrogen-bond donors (Lipinski definition) is 1. The van der Waals surface area contributed by atoms with Gasteiger partial charge in [-0.15, -0.1) is 21.5 Å². The second-order valence-electron chi connectivity index (χ2n) is 6.49. The number of esters is 1. The molecule has 0 saturated heterocycles. The number of thioether (sulfide) groups is 1. The van der Waals surface area contributed by atoms with Crippen LogP contribution in [-0.2, 0) is 16.1 Å². The maximum Gasteiger partial charge on any atom is 0.340 e. The van der Waals surface area contributed by atoms with E-state index in [2.05, 4.69) is 21.6 Å². The van der Waals surface area contributed by atoms with Gasteiger partial charge in [-0.05, 0) is 30.5 Å². The fraction of sp³-hybridized carbons (Fsp3) is 0.300. The van der Waals surface area contributed by atoms with E-state index in [4.69, 9.17) is 4.74 Å². The van der Waals surface area contributed by atoms with Crippen LogP contribution >= 0.6 is 23.1 Å². The van der Waals surface area contributed by atoms with E-state index in [0.717, 1.165) is 17.1 Å². The van der Waals surface area contributed by atoms with E-state index in [1.165, 1.54) is 30.2 Å². The summed E-state index contributed by atoms with van der Waals surface area (Å²) in [5.41, 5.74) is 2.39. The summed E-state index contributed by atoms with van der Waals surface area (Å²) in [6.07, 6.45) is 0. The van der Waals surface area contributed by atoms with E-state index in [1.54, 1.807) is 11.4 Å². The Morgan fingerprint density at radius 2 is 2.07 bits per heavy atom. The van der Waals surface area contributed by atoms with Crippen LogP contribution in [0.25, 0.3) is 11.4 Å². The Morgan fingerprint density at radius 1 is 1.27 bits per heavy atom. The van der Waals surface area contributed by atoms with Gasteiger partial charge >= 0.3 is 5.97 Å². The van der Waals surface area contributed by atoms with E-state index >= 15 is 0 Å². The summed E-state index contributed by atoms with van der Waals surface area (Å²) in [7, 11) is 5.29. The normalized spacial score (nSPS) is 10.7. The van der Waals surface area contributed by atoms with Gasteiger partial charge in [-0.2, -0.15) is 0 Å². The van der Waals surface area contributed by atoms with Crippen LogP contribution in [-0.4, -0.2) is 53.6 Å². The molecule has 0 unspecified atom stereocenters. The first-order valence-corrected chi connectivity index (χ1v) is 11.1. The molecule has 3 aromatic rings. The highest BCUT2D eigenvalue weighted by Gasteiger charge is 2.18. The molecule has 0 bridgehead atoms. The Balaban J connectivity index is 1.71. The minimum Gasteiger partial charge on any atom is -0.465 e. The second kappa shape index (κ2) is 9.77. The van der Waals surface area contributed by atoms with E-state index in [-0.39, 0.29) is 11.7 Å². The predicted molar refractivity (Wildman–Crippen MR) is 120 cm³/mol. The van der Waals surface area contributed by atoms with Gasteiger partial charge in [0.05, 0.1) is 18.4 Å². The van der Waals surface area contributed by atoms with Gasteiger partial charge in [0.25, 0.3) is 0 Å². The van der Waals surface area contributed by atoms with Crippen LogP contribution in [0.5, 0.6) is 0 Å². The Morgan fingerprint density at radius 3 is 2.77 bits per heavy atom. The molecule has 1 amide bonds. The zero-order chi connectivity index (χ0) is 21.7. The number of rotatable bonds is 8. The van der Waals surface area contributed by atoms with Crippen molar-refractivity contribution in [2.24, 2.45) is 0 Å². The van der Waals surface area contributed by atoms with Gasteiger partial charge in [0.15, 0.2) is 11.0 Å². The largest absolute Gasteiger partial charge is 0.465 e. The van der Waals surface area contributed by atoms with Crippen LogP contribution in [0.2, 0.25) is 0 Å². The molecule has 1 N–H and O–H groups in total. The number of carbonyl (C=O) groups excluding carboxylic acids is 2. The molecule has 0 aliphatic carbocycles. The minimum atomic E-state index is -0.477. The lowest BCUT2D eigenvalue weighted by Crippen LogP contribution is -2.16. The first-order chi connectivity index (χ1) is 14.4. The molecular weight excluding hydrogens is 422 g/mol. The highest BCUT2D eigenvalue weighted by molar-refractivity contribution is 7.99. The SMILES string of the molecule is CCn1c(SCC(=O)Nc2sccc2C(=O)OC)nnc1-c1cccc(N(C)C)c1. The number of hydrogen-bond acceptors (Lipinski definition) is 8. The van der Waals surface area contributed by atoms with Crippen molar-refractivity contribution in [2.75, 3.05) is 37.2 Å². The molecule has 0 aliphatic rings. The number of aromatic nitrogens is 3. The average Bonchev–Trinajstić information content (AvgIpc) is 3.38. The van der Waals surface area contributed by atoms with Crippen molar-refractivity contribution in [3.63, 3.8) is 0 Å². The number of thiophene rings is 1. The Hall–Kier alpha value is -2.85. The lowest BCUT2D eigenvalue weighted by molar-refractivity contribution is -0.113. The van der Waals surface area contributed by atoms with Gasteiger partial charge in [0, 0.05) is 31.9 Å². The molecule has 30 heavy (non-hydrogen) atoms. The molecule has 0 atom stereocenters. The van der Waals surface area contributed by atoms with Crippen molar-refractivity contribution >= 4 is 45.7 Å². The number of anilines is 2. The van der Waals surface area contributed by atoms with Crippen LogP contribution in [0.1, 0.15) is 17.3 Å². The van der Waals surface area contributed by atoms with Crippen molar-refractivity contribution in [3.8, 4) is 11.4 Å². The summed E-state index contributed by atoms with van der Waals surface area (Å²) < 4.78 is 6.71. The second-order valence-corrected chi connectivity index (χ2v) is 8.35. The van der Waals surface area contributed by atoms with E-state index in [1.807, 2.05) is 48.7 Å². The van der Waals surface area contributed by atoms with Gasteiger partial charge in [0.2, 0.25) is 5.91 Å². The number of carbonyl (C=O) groups is 2. The zero-order valence-corrected chi connectivity index (χ0v) is 18.8. The molecule has 0 spiro atoms. The number of benzene rings is 1. The van der Waals surface area contributed by atoms with Crippen LogP contribution < -0.4 is 10.2 Å². The number of methoxy groups -OCH3 is 1. The van der Waals surface area contributed by atoms with Crippen molar-refractivity contribution in [2.45, 2.75) is 18.6 Å². The molecule has 10 heteroatoms. The van der Waals surface area contributed by atoms with Gasteiger partial charge in [-0.25, -0.2) is 4.79 Å². The van der Waals surface area contributed by atoms with Gasteiger partial charge in [0.1, 0.15) is 5.00 Å². The lowest BCUT2D eigenvalue weighted by atomic mass is 10.2. The highest BCUT2D eigenvalue weighted by atomic mass is 32.2. The van der Waals surface area contributed by atoms with Crippen LogP contribution in [0.4, 0.5) is 10.7 Å². The monoisotopic (exact) mass is 445 g/mol. The Labute approximate surface area is 183 Å². The standard InChI is InChI=1S/C20H23N5O3S2/c1-5-25-17(13-7-6-8-14(11-13)24(2)3)22-23-20(25)30-12-16(26)21-18-15(9-10-29-18)19(27)28-4/h6-11H,5,12H2,1-4H3,(H,21,26). The molecule has 1 aromatic carbocycles. The minimum absolute atomic E-state index is 0.147. The zero-order valence-electron chi connectivity index (χ0n) is 17.2. The van der Waals surface area contributed by atoms with Crippen molar-refractivity contribution in [1.29, 1.82) is 0 Å². The fourth-order valence-corrected chi connectivity index (χ4v) is 4.38. The maximum atomic E-state index is 12.4. The average molecular weight is 446 g/mol. The molecule has 0 saturated carbocycles. The summed E-state index contributed by atoms with van der Waals surface area (Å²) in [6, 6.07) is 9.70. The number of amides is 1. The first-order valence-electron chi connectivity index (χ1n) is 9.24. The van der Waals surface area contributed by atoms with Crippen LogP contribution in [0.3, 0.4) is 0 Å². The molecule has 3 rings (SSSR count). The topological polar surface area (TPSA) is 89.3 Å². The molecule has 0 aliphatic heterocycles. The predicted octanol–water partition coefficient (Wildman–Crippen LogP) is 3.61. The van der Waals surface area contributed by atoms with Gasteiger partial charge < -0.3 is 19.5 Å². The van der Waals surface area contributed by atoms with Crippen molar-refractivity contribution in [1.82, 2.24) is 14.8 Å². The number of nitrogens with one attached hydrogen (secondary N) is 1. The molecule has 158 valence electrons. The van der Waals surface area contributed by atoms with E-state index in [9.17, 15) is 9.59 Å². The molecular formula is C20H23N5O3S2. The van der Waals surface area contributed by atoms with Gasteiger partial charge in [-0.1, -0.05) is 23.9 Å². The molecule has 0 fully saturated rings. The lowest BCUT2D eigenvalue weighted by Gasteiger charge is -2.14. The summed E-state index contributed by atoms with van der Waals surface area (Å²) in [5, 5.41) is 14.3. The molecule has 8 nitrogen and oxygen atoms in total. The van der Waals surface area contributed by atoms with E-state index in [0.29, 0.717) is 22.3 Å². The molecule has 2 aromatic heterocycles. The summed E-state index contributed by atoms with van der Waals surface area (Å²) in [4.78, 5) is 26.2. The Kier molecular flexibility index (Phi) is 7.11. The third-order valence-corrected chi connectivity index (χ3v) is 6.11. The smallest absolute Gasteiger partial charge is 0.340 e. The fourth-order valence-electron chi connectivity index (χ4n) is 2.79. The summed E-state index contributed by atoms with van der Waals surface area (Å²) in [5.74, 6) is 0.202. The maximum absolute atomic E-state index is 12.4. The van der Waals surface area contributed by atoms with Crippen molar-refractivity contribution < 1.29 is 14.3 Å². The highest BCUT2D eigenvalue weighted by Crippen LogP contribution is 2.28. The molecule has 2 heterocycles. The van der Waals surface area contributed by atoms with Gasteiger partial charge in [-0.3, -0.25) is 4.79 Å². The number of ether oxygens (including phenoxy) is 1. The van der Waals surface area contributed by atoms with Crippen molar-refractivity contribution in [3.05, 3.63) is 41.3 Å². The molecule has 0 radical (unpaired) electrons. The quantitative estimate of drug-likeness (QED) is 0.418. The van der Waals surface area contributed by atoms with Crippen LogP contribution in [0.15, 0.2) is 40.9 Å². The third kappa shape index (κ3) is 4.82. The third-order valence-electron chi connectivity index (χ3n) is 4.31. The number of nitrogens with zero attached hydrogens (tertiary/aromatic N) is 4. The summed E-state index contributed by atoms with van der Waals surface area (Å²) >= 11 is 2.58.